The first-order valence-corrected chi connectivity index (χ1v) is 6.76. The molecule has 0 aliphatic heterocycles. The van der Waals surface area contributed by atoms with Gasteiger partial charge < -0.3 is 9.64 Å². The molecule has 0 unspecified atom stereocenters. The zero-order valence-corrected chi connectivity index (χ0v) is 11.7. The molecule has 0 saturated heterocycles. The van der Waals surface area contributed by atoms with E-state index in [4.69, 9.17) is 4.74 Å². The minimum absolute atomic E-state index is 0.291. The molecule has 1 rings (SSSR count). The zero-order valence-electron chi connectivity index (χ0n) is 11.7. The highest BCUT2D eigenvalue weighted by molar-refractivity contribution is 5.30. The van der Waals surface area contributed by atoms with Crippen LogP contribution in [0.3, 0.4) is 0 Å². The first kappa shape index (κ1) is 15.0. The minimum atomic E-state index is -0.291. The third-order valence-electron chi connectivity index (χ3n) is 3.01. The van der Waals surface area contributed by atoms with Crippen LogP contribution >= 0.6 is 0 Å². The summed E-state index contributed by atoms with van der Waals surface area (Å²) in [5.41, 5.74) is 1.13. The molecular formula is C15H24FNO. The molecule has 0 saturated carbocycles. The Bertz CT molecular complexity index is 348. The Hall–Kier alpha value is -1.09. The highest BCUT2D eigenvalue weighted by Gasteiger charge is 2.06. The second-order valence-electron chi connectivity index (χ2n) is 4.56. The van der Waals surface area contributed by atoms with Crippen LogP contribution in [0.15, 0.2) is 18.2 Å². The smallest absolute Gasteiger partial charge is 0.165 e. The van der Waals surface area contributed by atoms with E-state index < -0.39 is 0 Å². The second kappa shape index (κ2) is 8.09. The third kappa shape index (κ3) is 4.65. The van der Waals surface area contributed by atoms with Crippen molar-refractivity contribution in [2.24, 2.45) is 0 Å². The van der Waals surface area contributed by atoms with Gasteiger partial charge in [0.05, 0.1) is 7.11 Å². The largest absolute Gasteiger partial charge is 0.494 e. The maximum absolute atomic E-state index is 13.3. The SMILES string of the molecule is CCCN(CCC)CCc1ccc(F)c(OC)c1. The molecule has 0 aliphatic carbocycles. The molecule has 0 atom stereocenters. The predicted molar refractivity (Wildman–Crippen MR) is 73.7 cm³/mol. The molecule has 0 spiro atoms. The number of ether oxygens (including phenoxy) is 1. The van der Waals surface area contributed by atoms with Crippen LogP contribution < -0.4 is 4.74 Å². The van der Waals surface area contributed by atoms with Gasteiger partial charge in [-0.1, -0.05) is 19.9 Å². The Kier molecular flexibility index (Phi) is 6.73. The number of nitrogens with zero attached hydrogens (tertiary/aromatic N) is 1. The lowest BCUT2D eigenvalue weighted by Crippen LogP contribution is -2.27. The monoisotopic (exact) mass is 253 g/mol. The number of hydrogen-bond donors (Lipinski definition) is 0. The molecule has 0 amide bonds. The highest BCUT2D eigenvalue weighted by atomic mass is 19.1. The molecule has 0 bridgehead atoms. The molecule has 0 aliphatic rings. The van der Waals surface area contributed by atoms with Crippen LogP contribution in [0.2, 0.25) is 0 Å². The van der Waals surface area contributed by atoms with E-state index in [-0.39, 0.29) is 5.82 Å². The Balaban J connectivity index is 2.55. The Morgan fingerprint density at radius 2 is 1.78 bits per heavy atom. The van der Waals surface area contributed by atoms with Crippen molar-refractivity contribution in [2.75, 3.05) is 26.7 Å². The first-order chi connectivity index (χ1) is 8.71. The fourth-order valence-corrected chi connectivity index (χ4v) is 2.11. The normalized spacial score (nSPS) is 10.9. The van der Waals surface area contributed by atoms with E-state index in [2.05, 4.69) is 18.7 Å². The Morgan fingerprint density at radius 1 is 1.11 bits per heavy atom. The molecule has 0 N–H and O–H groups in total. The van der Waals surface area contributed by atoms with E-state index in [1.54, 1.807) is 6.07 Å². The lowest BCUT2D eigenvalue weighted by molar-refractivity contribution is 0.278. The summed E-state index contributed by atoms with van der Waals surface area (Å²) >= 11 is 0. The van der Waals surface area contributed by atoms with Crippen molar-refractivity contribution in [3.8, 4) is 5.75 Å². The van der Waals surface area contributed by atoms with Crippen LogP contribution in [0.5, 0.6) is 5.75 Å². The molecule has 0 heterocycles. The van der Waals surface area contributed by atoms with Crippen LogP contribution in [-0.4, -0.2) is 31.6 Å². The molecule has 0 aromatic heterocycles. The molecule has 1 aromatic rings. The van der Waals surface area contributed by atoms with Gasteiger partial charge >= 0.3 is 0 Å². The van der Waals surface area contributed by atoms with Crippen molar-refractivity contribution in [2.45, 2.75) is 33.1 Å². The van der Waals surface area contributed by atoms with Gasteiger partial charge in [-0.05, 0) is 50.0 Å². The summed E-state index contributed by atoms with van der Waals surface area (Å²) in [4.78, 5) is 2.45. The predicted octanol–water partition coefficient (Wildman–Crippen LogP) is 3.50. The molecule has 0 radical (unpaired) electrons. The van der Waals surface area contributed by atoms with Gasteiger partial charge in [0.25, 0.3) is 0 Å². The van der Waals surface area contributed by atoms with Crippen molar-refractivity contribution in [3.05, 3.63) is 29.6 Å². The number of hydrogen-bond acceptors (Lipinski definition) is 2. The lowest BCUT2D eigenvalue weighted by atomic mass is 10.1. The van der Waals surface area contributed by atoms with Gasteiger partial charge in [-0.2, -0.15) is 0 Å². The zero-order chi connectivity index (χ0) is 13.4. The first-order valence-electron chi connectivity index (χ1n) is 6.76. The maximum atomic E-state index is 13.3. The molecular weight excluding hydrogens is 229 g/mol. The van der Waals surface area contributed by atoms with Crippen LogP contribution in [0, 0.1) is 5.82 Å². The summed E-state index contributed by atoms with van der Waals surface area (Å²) < 4.78 is 18.3. The quantitative estimate of drug-likeness (QED) is 0.703. The number of halogens is 1. The average molecular weight is 253 g/mol. The van der Waals surface area contributed by atoms with Gasteiger partial charge in [-0.25, -0.2) is 4.39 Å². The summed E-state index contributed by atoms with van der Waals surface area (Å²) in [7, 11) is 1.50. The van der Waals surface area contributed by atoms with Gasteiger partial charge in [0.1, 0.15) is 0 Å². The van der Waals surface area contributed by atoms with Crippen molar-refractivity contribution >= 4 is 0 Å². The lowest BCUT2D eigenvalue weighted by Gasteiger charge is -2.20. The van der Waals surface area contributed by atoms with E-state index in [0.717, 1.165) is 31.6 Å². The summed E-state index contributed by atoms with van der Waals surface area (Å²) in [5, 5.41) is 0. The molecule has 3 heteroatoms. The van der Waals surface area contributed by atoms with Crippen LogP contribution in [0.4, 0.5) is 4.39 Å². The van der Waals surface area contributed by atoms with Crippen molar-refractivity contribution in [1.29, 1.82) is 0 Å². The standard InChI is InChI=1S/C15H24FNO/c1-4-9-17(10-5-2)11-8-13-6-7-14(16)15(12-13)18-3/h6-7,12H,4-5,8-11H2,1-3H3. The molecule has 2 nitrogen and oxygen atoms in total. The van der Waals surface area contributed by atoms with E-state index in [0.29, 0.717) is 5.75 Å². The van der Waals surface area contributed by atoms with E-state index in [1.165, 1.54) is 26.0 Å². The number of benzene rings is 1. The molecule has 1 aromatic carbocycles. The number of rotatable bonds is 8. The average Bonchev–Trinajstić information content (AvgIpc) is 2.38. The summed E-state index contributed by atoms with van der Waals surface area (Å²) in [5.74, 6) is 0.0465. The Morgan fingerprint density at radius 3 is 2.33 bits per heavy atom. The summed E-state index contributed by atoms with van der Waals surface area (Å²) in [6, 6.07) is 5.12. The number of methoxy groups -OCH3 is 1. The van der Waals surface area contributed by atoms with Gasteiger partial charge in [0.15, 0.2) is 11.6 Å². The second-order valence-corrected chi connectivity index (χ2v) is 4.56. The van der Waals surface area contributed by atoms with Crippen molar-refractivity contribution < 1.29 is 9.13 Å². The summed E-state index contributed by atoms with van der Waals surface area (Å²) in [6.45, 7) is 7.68. The van der Waals surface area contributed by atoms with Crippen molar-refractivity contribution in [3.63, 3.8) is 0 Å². The van der Waals surface area contributed by atoms with E-state index in [1.807, 2.05) is 6.07 Å². The van der Waals surface area contributed by atoms with Gasteiger partial charge in [0, 0.05) is 6.54 Å². The van der Waals surface area contributed by atoms with Crippen molar-refractivity contribution in [1.82, 2.24) is 4.90 Å². The fraction of sp³-hybridized carbons (Fsp3) is 0.600. The third-order valence-corrected chi connectivity index (χ3v) is 3.01. The fourth-order valence-electron chi connectivity index (χ4n) is 2.11. The molecule has 18 heavy (non-hydrogen) atoms. The van der Waals surface area contributed by atoms with Gasteiger partial charge in [0.2, 0.25) is 0 Å². The van der Waals surface area contributed by atoms with Gasteiger partial charge in [-0.3, -0.25) is 0 Å². The molecule has 102 valence electrons. The maximum Gasteiger partial charge on any atom is 0.165 e. The summed E-state index contributed by atoms with van der Waals surface area (Å²) in [6.07, 6.45) is 3.29. The van der Waals surface area contributed by atoms with E-state index >= 15 is 0 Å². The van der Waals surface area contributed by atoms with Gasteiger partial charge in [-0.15, -0.1) is 0 Å². The van der Waals surface area contributed by atoms with Crippen LogP contribution in [0.25, 0.3) is 0 Å². The van der Waals surface area contributed by atoms with Crippen LogP contribution in [-0.2, 0) is 6.42 Å². The molecule has 0 fully saturated rings. The highest BCUT2D eigenvalue weighted by Crippen LogP contribution is 2.18. The van der Waals surface area contributed by atoms with E-state index in [9.17, 15) is 4.39 Å². The topological polar surface area (TPSA) is 12.5 Å². The minimum Gasteiger partial charge on any atom is -0.494 e. The Labute approximate surface area is 110 Å². The van der Waals surface area contributed by atoms with Crippen LogP contribution in [0.1, 0.15) is 32.3 Å².